The van der Waals surface area contributed by atoms with Gasteiger partial charge in [-0.2, -0.15) is 0 Å². The van der Waals surface area contributed by atoms with Gasteiger partial charge in [-0.25, -0.2) is 4.98 Å². The highest BCUT2D eigenvalue weighted by molar-refractivity contribution is 7.13. The summed E-state index contributed by atoms with van der Waals surface area (Å²) >= 11 is 1.42. The van der Waals surface area contributed by atoms with Crippen LogP contribution in [-0.2, 0) is 20.7 Å². The maximum absolute atomic E-state index is 11.0. The second-order valence-corrected chi connectivity index (χ2v) is 4.16. The summed E-state index contributed by atoms with van der Waals surface area (Å²) in [6, 6.07) is 0. The molecule has 0 fully saturated rings. The van der Waals surface area contributed by atoms with Gasteiger partial charge in [0.2, 0.25) is 5.91 Å². The summed E-state index contributed by atoms with van der Waals surface area (Å²) in [4.78, 5) is 25.8. The van der Waals surface area contributed by atoms with Gasteiger partial charge in [-0.1, -0.05) is 0 Å². The van der Waals surface area contributed by atoms with Crippen molar-refractivity contribution in [2.45, 2.75) is 13.3 Å². The number of nitrogens with zero attached hydrogens (tertiary/aromatic N) is 1. The summed E-state index contributed by atoms with van der Waals surface area (Å²) in [5, 5.41) is 8.25. The van der Waals surface area contributed by atoms with Crippen LogP contribution in [0.2, 0.25) is 0 Å². The van der Waals surface area contributed by atoms with Crippen molar-refractivity contribution in [2.75, 3.05) is 25.5 Å². The Bertz CT molecular complexity index is 392. The third-order valence-electron chi connectivity index (χ3n) is 1.88. The van der Waals surface area contributed by atoms with Crippen LogP contribution < -0.4 is 10.6 Å². The van der Waals surface area contributed by atoms with Crippen molar-refractivity contribution in [1.29, 1.82) is 0 Å². The van der Waals surface area contributed by atoms with Crippen molar-refractivity contribution in [3.05, 3.63) is 11.1 Å². The molecule has 0 radical (unpaired) electrons. The molecule has 17 heavy (non-hydrogen) atoms. The maximum atomic E-state index is 11.0. The van der Waals surface area contributed by atoms with Crippen LogP contribution in [0.5, 0.6) is 0 Å². The monoisotopic (exact) mass is 257 g/mol. The number of rotatable bonds is 6. The molecular formula is C10H15N3O3S. The highest BCUT2D eigenvalue weighted by atomic mass is 32.1. The molecule has 1 amide bonds. The van der Waals surface area contributed by atoms with Gasteiger partial charge < -0.3 is 15.4 Å². The van der Waals surface area contributed by atoms with Crippen LogP contribution in [0.4, 0.5) is 5.13 Å². The first-order valence-corrected chi connectivity index (χ1v) is 5.99. The third kappa shape index (κ3) is 5.30. The lowest BCUT2D eigenvalue weighted by atomic mass is 10.3. The number of ether oxygens (including phenoxy) is 1. The Balaban J connectivity index is 2.30. The second-order valence-electron chi connectivity index (χ2n) is 3.31. The van der Waals surface area contributed by atoms with E-state index >= 15 is 0 Å². The number of amides is 1. The van der Waals surface area contributed by atoms with Crippen LogP contribution in [0.3, 0.4) is 0 Å². The molecule has 0 aromatic carbocycles. The third-order valence-corrected chi connectivity index (χ3v) is 2.73. The van der Waals surface area contributed by atoms with Gasteiger partial charge in [-0.15, -0.1) is 11.3 Å². The summed E-state index contributed by atoms with van der Waals surface area (Å²) in [6.07, 6.45) is 0.181. The molecule has 7 heteroatoms. The zero-order valence-electron chi connectivity index (χ0n) is 9.78. The summed E-state index contributed by atoms with van der Waals surface area (Å²) in [5.41, 5.74) is 0.684. The largest absolute Gasteiger partial charge is 0.469 e. The number of methoxy groups -OCH3 is 1. The molecule has 0 saturated carbocycles. The Morgan fingerprint density at radius 2 is 2.24 bits per heavy atom. The standard InChI is InChI=1S/C10H15N3O3S/c1-7(14)11-3-4-12-10-13-8(6-17-10)5-9(15)16-2/h6H,3-5H2,1-2H3,(H,11,14)(H,12,13). The Hall–Kier alpha value is -1.63. The smallest absolute Gasteiger partial charge is 0.311 e. The summed E-state index contributed by atoms with van der Waals surface area (Å²) < 4.78 is 4.55. The summed E-state index contributed by atoms with van der Waals surface area (Å²) in [6.45, 7) is 2.61. The van der Waals surface area contributed by atoms with Crippen molar-refractivity contribution in [2.24, 2.45) is 0 Å². The van der Waals surface area contributed by atoms with E-state index < -0.39 is 0 Å². The van der Waals surface area contributed by atoms with Gasteiger partial charge in [0.25, 0.3) is 0 Å². The van der Waals surface area contributed by atoms with Gasteiger partial charge in [0.1, 0.15) is 0 Å². The van der Waals surface area contributed by atoms with E-state index in [2.05, 4.69) is 20.4 Å². The highest BCUT2D eigenvalue weighted by Gasteiger charge is 2.07. The average molecular weight is 257 g/mol. The lowest BCUT2D eigenvalue weighted by Crippen LogP contribution is -2.26. The van der Waals surface area contributed by atoms with Gasteiger partial charge in [0.15, 0.2) is 5.13 Å². The van der Waals surface area contributed by atoms with Crippen LogP contribution >= 0.6 is 11.3 Å². The molecular weight excluding hydrogens is 242 g/mol. The van der Waals surface area contributed by atoms with E-state index in [9.17, 15) is 9.59 Å². The van der Waals surface area contributed by atoms with Gasteiger partial charge >= 0.3 is 5.97 Å². The van der Waals surface area contributed by atoms with Crippen molar-refractivity contribution < 1.29 is 14.3 Å². The Morgan fingerprint density at radius 1 is 1.47 bits per heavy atom. The van der Waals surface area contributed by atoms with Crippen molar-refractivity contribution >= 4 is 28.3 Å². The first-order valence-electron chi connectivity index (χ1n) is 5.11. The fourth-order valence-corrected chi connectivity index (χ4v) is 1.84. The highest BCUT2D eigenvalue weighted by Crippen LogP contribution is 2.15. The van der Waals surface area contributed by atoms with E-state index in [1.165, 1.54) is 25.4 Å². The number of hydrogen-bond donors (Lipinski definition) is 2. The van der Waals surface area contributed by atoms with E-state index in [0.717, 1.165) is 5.13 Å². The lowest BCUT2D eigenvalue weighted by Gasteiger charge is -2.02. The van der Waals surface area contributed by atoms with Crippen molar-refractivity contribution in [3.8, 4) is 0 Å². The quantitative estimate of drug-likeness (QED) is 0.570. The molecule has 1 heterocycles. The predicted octanol–water partition coefficient (Wildman–Crippen LogP) is 0.407. The number of carbonyl (C=O) groups excluding carboxylic acids is 2. The lowest BCUT2D eigenvalue weighted by molar-refractivity contribution is -0.139. The molecule has 0 aliphatic heterocycles. The number of carbonyl (C=O) groups is 2. The number of aromatic nitrogens is 1. The van der Waals surface area contributed by atoms with E-state index in [4.69, 9.17) is 0 Å². The maximum Gasteiger partial charge on any atom is 0.311 e. The van der Waals surface area contributed by atoms with E-state index in [1.807, 2.05) is 0 Å². The van der Waals surface area contributed by atoms with E-state index in [1.54, 1.807) is 5.38 Å². The number of nitrogens with one attached hydrogen (secondary N) is 2. The molecule has 0 aliphatic carbocycles. The van der Waals surface area contributed by atoms with Gasteiger partial charge in [-0.05, 0) is 0 Å². The molecule has 6 nitrogen and oxygen atoms in total. The van der Waals surface area contributed by atoms with Crippen LogP contribution in [0.1, 0.15) is 12.6 Å². The fourth-order valence-electron chi connectivity index (χ4n) is 1.10. The molecule has 0 aliphatic rings. The van der Waals surface area contributed by atoms with Crippen molar-refractivity contribution in [1.82, 2.24) is 10.3 Å². The van der Waals surface area contributed by atoms with Gasteiger partial charge in [0.05, 0.1) is 19.2 Å². The summed E-state index contributed by atoms with van der Waals surface area (Å²) in [5.74, 6) is -0.364. The molecule has 0 spiro atoms. The molecule has 2 N–H and O–H groups in total. The first kappa shape index (κ1) is 13.4. The SMILES string of the molecule is COC(=O)Cc1csc(NCCNC(C)=O)n1. The number of anilines is 1. The first-order chi connectivity index (χ1) is 8.11. The van der Waals surface area contributed by atoms with Crippen LogP contribution in [0.25, 0.3) is 0 Å². The molecule has 0 atom stereocenters. The molecule has 94 valence electrons. The molecule has 0 bridgehead atoms. The number of hydrogen-bond acceptors (Lipinski definition) is 6. The predicted molar refractivity (Wildman–Crippen MR) is 65.0 cm³/mol. The Labute approximate surface area is 103 Å². The zero-order valence-corrected chi connectivity index (χ0v) is 10.6. The normalized spacial score (nSPS) is 9.76. The topological polar surface area (TPSA) is 80.3 Å². The van der Waals surface area contributed by atoms with Crippen LogP contribution in [0.15, 0.2) is 5.38 Å². The molecule has 1 rings (SSSR count). The van der Waals surface area contributed by atoms with Crippen molar-refractivity contribution in [3.63, 3.8) is 0 Å². The molecule has 1 aromatic heterocycles. The van der Waals surface area contributed by atoms with Crippen LogP contribution in [0, 0.1) is 0 Å². The number of esters is 1. The molecule has 1 aromatic rings. The Kier molecular flexibility index (Phi) is 5.41. The summed E-state index contributed by atoms with van der Waals surface area (Å²) in [7, 11) is 1.35. The minimum absolute atomic E-state index is 0.0580. The zero-order chi connectivity index (χ0) is 12.7. The molecule has 0 unspecified atom stereocenters. The second kappa shape index (κ2) is 6.85. The Morgan fingerprint density at radius 3 is 2.88 bits per heavy atom. The average Bonchev–Trinajstić information content (AvgIpc) is 2.72. The number of thiazole rings is 1. The minimum Gasteiger partial charge on any atom is -0.469 e. The van der Waals surface area contributed by atoms with Gasteiger partial charge in [-0.3, -0.25) is 9.59 Å². The van der Waals surface area contributed by atoms with Gasteiger partial charge in [0, 0.05) is 25.4 Å². The minimum atomic E-state index is -0.305. The van der Waals surface area contributed by atoms with E-state index in [0.29, 0.717) is 18.8 Å². The van der Waals surface area contributed by atoms with Crippen LogP contribution in [-0.4, -0.2) is 37.1 Å². The van der Waals surface area contributed by atoms with E-state index in [-0.39, 0.29) is 18.3 Å². The molecule has 0 saturated heterocycles. The fraction of sp³-hybridized carbons (Fsp3) is 0.500.